The van der Waals surface area contributed by atoms with E-state index in [1.165, 1.54) is 4.90 Å². The molecule has 1 spiro atoms. The lowest BCUT2D eigenvalue weighted by atomic mass is 9.71. The molecule has 3 saturated heterocycles. The number of amides is 3. The Labute approximate surface area is 238 Å². The zero-order valence-corrected chi connectivity index (χ0v) is 23.4. The fraction of sp³-hybridized carbons (Fsp3) is 0.500. The van der Waals surface area contributed by atoms with Crippen LogP contribution in [0.1, 0.15) is 38.3 Å². The van der Waals surface area contributed by atoms with E-state index >= 15 is 0 Å². The first-order valence-electron chi connectivity index (χ1n) is 14.0. The second-order valence-electron chi connectivity index (χ2n) is 11.7. The van der Waals surface area contributed by atoms with Crippen LogP contribution >= 0.6 is 0 Å². The zero-order chi connectivity index (χ0) is 29.1. The molecule has 0 radical (unpaired) electrons. The van der Waals surface area contributed by atoms with Crippen LogP contribution in [0.15, 0.2) is 42.5 Å². The van der Waals surface area contributed by atoms with Crippen LogP contribution in [0.3, 0.4) is 0 Å². The van der Waals surface area contributed by atoms with Crippen LogP contribution in [0.2, 0.25) is 0 Å². The molecule has 11 nitrogen and oxygen atoms in total. The summed E-state index contributed by atoms with van der Waals surface area (Å²) >= 11 is 0. The van der Waals surface area contributed by atoms with Gasteiger partial charge in [-0.15, -0.1) is 0 Å². The number of anilines is 3. The van der Waals surface area contributed by atoms with Crippen LogP contribution in [0.5, 0.6) is 0 Å². The molecule has 0 bridgehead atoms. The van der Waals surface area contributed by atoms with E-state index in [2.05, 4.69) is 0 Å². The Balaban J connectivity index is 1.40. The summed E-state index contributed by atoms with van der Waals surface area (Å²) in [7, 11) is 0. The maximum Gasteiger partial charge on any atom is 0.414 e. The van der Waals surface area contributed by atoms with Gasteiger partial charge in [0, 0.05) is 35.4 Å². The van der Waals surface area contributed by atoms with Crippen LogP contribution < -0.4 is 14.7 Å². The lowest BCUT2D eigenvalue weighted by Crippen LogP contribution is -2.46. The number of benzene rings is 2. The van der Waals surface area contributed by atoms with Gasteiger partial charge in [-0.2, -0.15) is 0 Å². The molecule has 2 N–H and O–H groups in total. The summed E-state index contributed by atoms with van der Waals surface area (Å²) in [6.45, 7) is 6.92. The van der Waals surface area contributed by atoms with Gasteiger partial charge < -0.3 is 29.3 Å². The molecule has 41 heavy (non-hydrogen) atoms. The lowest BCUT2D eigenvalue weighted by Gasteiger charge is -2.34. The van der Waals surface area contributed by atoms with E-state index in [0.29, 0.717) is 36.6 Å². The molecule has 3 fully saturated rings. The average molecular weight is 566 g/mol. The Morgan fingerprint density at radius 2 is 1.56 bits per heavy atom. The van der Waals surface area contributed by atoms with Gasteiger partial charge in [-0.3, -0.25) is 14.6 Å². The third-order valence-electron chi connectivity index (χ3n) is 8.80. The van der Waals surface area contributed by atoms with Crippen LogP contribution in [0, 0.1) is 11.8 Å². The molecule has 218 valence electrons. The van der Waals surface area contributed by atoms with E-state index in [0.717, 1.165) is 11.3 Å². The highest BCUT2D eigenvalue weighted by atomic mass is 16.6. The van der Waals surface area contributed by atoms with Crippen LogP contribution in [0.25, 0.3) is 0 Å². The van der Waals surface area contributed by atoms with Gasteiger partial charge in [0.25, 0.3) is 5.91 Å². The Hall–Kier alpha value is -3.67. The van der Waals surface area contributed by atoms with Crippen LogP contribution in [-0.4, -0.2) is 72.9 Å². The van der Waals surface area contributed by atoms with Crippen molar-refractivity contribution in [3.63, 3.8) is 0 Å². The second-order valence-corrected chi connectivity index (χ2v) is 11.7. The van der Waals surface area contributed by atoms with Crippen molar-refractivity contribution < 1.29 is 38.8 Å². The topological polar surface area (TPSA) is 129 Å². The van der Waals surface area contributed by atoms with Crippen molar-refractivity contribution in [2.75, 3.05) is 47.6 Å². The molecule has 2 aromatic carbocycles. The maximum absolute atomic E-state index is 14.5. The van der Waals surface area contributed by atoms with Gasteiger partial charge in [-0.1, -0.05) is 19.1 Å². The highest BCUT2D eigenvalue weighted by Crippen LogP contribution is 2.58. The second kappa shape index (κ2) is 10.0. The normalized spacial score (nSPS) is 27.7. The van der Waals surface area contributed by atoms with E-state index in [4.69, 9.17) is 14.2 Å². The van der Waals surface area contributed by atoms with Gasteiger partial charge in [0.1, 0.15) is 13.2 Å². The lowest BCUT2D eigenvalue weighted by molar-refractivity contribution is -0.146. The van der Waals surface area contributed by atoms with E-state index in [1.54, 1.807) is 29.7 Å². The molecular weight excluding hydrogens is 530 g/mol. The number of ether oxygens (including phenoxy) is 3. The molecule has 4 aliphatic heterocycles. The van der Waals surface area contributed by atoms with E-state index in [9.17, 15) is 24.6 Å². The molecule has 0 saturated carbocycles. The number of hydrogen-bond acceptors (Lipinski definition) is 8. The van der Waals surface area contributed by atoms with Crippen molar-refractivity contribution in [2.24, 2.45) is 11.8 Å². The number of aliphatic hydroxyl groups is 2. The Bertz CT molecular complexity index is 1370. The minimum absolute atomic E-state index is 0.151. The number of carbonyl (C=O) groups is 3. The molecule has 6 rings (SSSR count). The number of aliphatic hydroxyl groups excluding tert-OH is 1. The largest absolute Gasteiger partial charge is 0.447 e. The van der Waals surface area contributed by atoms with Crippen LogP contribution in [-0.2, 0) is 31.2 Å². The molecule has 2 aromatic rings. The van der Waals surface area contributed by atoms with Crippen molar-refractivity contribution in [1.29, 1.82) is 0 Å². The maximum atomic E-state index is 14.5. The predicted molar refractivity (Wildman–Crippen MR) is 149 cm³/mol. The smallest absolute Gasteiger partial charge is 0.414 e. The molecule has 0 aliphatic carbocycles. The Morgan fingerprint density at radius 1 is 0.951 bits per heavy atom. The molecule has 0 aromatic heterocycles. The molecule has 4 aliphatic rings. The summed E-state index contributed by atoms with van der Waals surface area (Å²) in [5.41, 5.74) is 0.849. The van der Waals surface area contributed by atoms with E-state index < -0.39 is 35.2 Å². The fourth-order valence-corrected chi connectivity index (χ4v) is 7.01. The van der Waals surface area contributed by atoms with E-state index in [-0.39, 0.29) is 38.2 Å². The highest BCUT2D eigenvalue weighted by Gasteiger charge is 2.65. The summed E-state index contributed by atoms with van der Waals surface area (Å²) in [6, 6.07) is 12.9. The number of fused-ring (bicyclic) bond motifs is 2. The van der Waals surface area contributed by atoms with Crippen molar-refractivity contribution in [3.05, 3.63) is 53.6 Å². The predicted octanol–water partition coefficient (Wildman–Crippen LogP) is 3.15. The number of carbonyl (C=O) groups excluding carboxylic acids is 3. The van der Waals surface area contributed by atoms with Gasteiger partial charge in [0.2, 0.25) is 0 Å². The standard InChI is InChI=1S/C30H35N3O8/c1-18-25(29(2,3)38)24(10-13-34)41-30(18)22-16-21(32-12-15-40-28(32)37)8-9-23(22)33(26(30)35)17-19-4-6-20(7-5-19)31-11-14-39-27(31)36/h4-9,16,18,24-25,34,38H,10-15,17H2,1-3H3/t18-,24+,25-,30+/m1/s1. The van der Waals surface area contributed by atoms with Gasteiger partial charge in [0.15, 0.2) is 5.60 Å². The molecular formula is C30H35N3O8. The van der Waals surface area contributed by atoms with Crippen LogP contribution in [0.4, 0.5) is 26.7 Å². The summed E-state index contributed by atoms with van der Waals surface area (Å²) in [5, 5.41) is 21.0. The van der Waals surface area contributed by atoms with Gasteiger partial charge in [-0.25, -0.2) is 9.59 Å². The summed E-state index contributed by atoms with van der Waals surface area (Å²) < 4.78 is 16.8. The Kier molecular flexibility index (Phi) is 6.71. The molecule has 0 unspecified atom stereocenters. The molecule has 4 atom stereocenters. The number of hydrogen-bond donors (Lipinski definition) is 2. The first kappa shape index (κ1) is 27.5. The number of nitrogens with zero attached hydrogens (tertiary/aromatic N) is 3. The minimum atomic E-state index is -1.42. The summed E-state index contributed by atoms with van der Waals surface area (Å²) in [5.74, 6) is -1.14. The first-order valence-corrected chi connectivity index (χ1v) is 14.0. The molecule has 11 heteroatoms. The number of cyclic esters (lactones) is 2. The third kappa shape index (κ3) is 4.34. The molecule has 3 amide bonds. The zero-order valence-electron chi connectivity index (χ0n) is 23.4. The quantitative estimate of drug-likeness (QED) is 0.524. The van der Waals surface area contributed by atoms with Crippen molar-refractivity contribution >= 4 is 35.2 Å². The van der Waals surface area contributed by atoms with E-state index in [1.807, 2.05) is 43.3 Å². The first-order chi connectivity index (χ1) is 19.6. The SMILES string of the molecule is C[C@@H]1[C@@H](C(C)(C)O)[C@H](CCO)O[C@@]12C(=O)N(Cc1ccc(N3CCOC3=O)cc1)c1ccc(N3CCOC3=O)cc12. The molecule has 4 heterocycles. The highest BCUT2D eigenvalue weighted by molar-refractivity contribution is 6.08. The monoisotopic (exact) mass is 565 g/mol. The number of rotatable bonds is 7. The average Bonchev–Trinajstić information content (AvgIpc) is 3.68. The minimum Gasteiger partial charge on any atom is -0.447 e. The third-order valence-corrected chi connectivity index (χ3v) is 8.80. The van der Waals surface area contributed by atoms with Gasteiger partial charge in [-0.05, 0) is 56.2 Å². The van der Waals surface area contributed by atoms with Crippen molar-refractivity contribution in [2.45, 2.75) is 51.0 Å². The van der Waals surface area contributed by atoms with Crippen molar-refractivity contribution in [1.82, 2.24) is 0 Å². The van der Waals surface area contributed by atoms with Crippen molar-refractivity contribution in [3.8, 4) is 0 Å². The fourth-order valence-electron chi connectivity index (χ4n) is 7.01. The van der Waals surface area contributed by atoms with Gasteiger partial charge >= 0.3 is 12.2 Å². The summed E-state index contributed by atoms with van der Waals surface area (Å²) in [4.78, 5) is 43.7. The van der Waals surface area contributed by atoms with Gasteiger partial charge in [0.05, 0.1) is 37.0 Å². The Morgan fingerprint density at radius 3 is 2.12 bits per heavy atom. The summed E-state index contributed by atoms with van der Waals surface area (Å²) in [6.07, 6.45) is -1.13.